The van der Waals surface area contributed by atoms with E-state index in [4.69, 9.17) is 5.73 Å². The Labute approximate surface area is 121 Å². The van der Waals surface area contributed by atoms with Crippen LogP contribution in [-0.2, 0) is 0 Å². The molecule has 0 spiro atoms. The van der Waals surface area contributed by atoms with Crippen LogP contribution in [0, 0.1) is 18.6 Å². The monoisotopic (exact) mass is 287 g/mol. The number of nitrogens with two attached hydrogens (primary N) is 1. The van der Waals surface area contributed by atoms with Crippen LogP contribution in [0.25, 0.3) is 0 Å². The summed E-state index contributed by atoms with van der Waals surface area (Å²) >= 11 is 0. The van der Waals surface area contributed by atoms with Crippen LogP contribution in [0.2, 0.25) is 0 Å². The van der Waals surface area contributed by atoms with Gasteiger partial charge in [0, 0.05) is 5.69 Å². The smallest absolute Gasteiger partial charge is 0.196 e. The first-order valence-corrected chi connectivity index (χ1v) is 6.67. The van der Waals surface area contributed by atoms with Gasteiger partial charge in [0.25, 0.3) is 0 Å². The van der Waals surface area contributed by atoms with Crippen molar-refractivity contribution in [1.82, 2.24) is 0 Å². The Kier molecular flexibility index (Phi) is 3.33. The van der Waals surface area contributed by atoms with Crippen molar-refractivity contribution in [1.29, 1.82) is 0 Å². The molecule has 1 atom stereocenters. The Morgan fingerprint density at radius 2 is 2.00 bits per heavy atom. The van der Waals surface area contributed by atoms with Crippen LogP contribution in [0.4, 0.5) is 14.5 Å². The topological polar surface area (TPSA) is 41.6 Å². The molecule has 1 heterocycles. The molecule has 0 bridgehead atoms. The Morgan fingerprint density at radius 1 is 1.19 bits per heavy atom. The van der Waals surface area contributed by atoms with E-state index in [9.17, 15) is 8.78 Å². The molecule has 0 saturated heterocycles. The fourth-order valence-electron chi connectivity index (χ4n) is 2.51. The lowest BCUT2D eigenvalue weighted by Crippen LogP contribution is -2.36. The van der Waals surface area contributed by atoms with Crippen molar-refractivity contribution in [3.05, 3.63) is 65.2 Å². The van der Waals surface area contributed by atoms with Crippen LogP contribution in [0.3, 0.4) is 0 Å². The van der Waals surface area contributed by atoms with Crippen molar-refractivity contribution < 1.29 is 8.78 Å². The summed E-state index contributed by atoms with van der Waals surface area (Å²) in [6.07, 6.45) is 0. The standard InChI is InChI=1S/C16H15F2N3/c1-10-5-6-11(7-14(10)18)15-9-20-16(19)21(15)13-4-2-3-12(17)8-13/h2-8,15H,9H2,1H3,(H2,19,20). The normalized spacial score (nSPS) is 18.0. The Balaban J connectivity index is 2.00. The second-order valence-electron chi connectivity index (χ2n) is 5.07. The van der Waals surface area contributed by atoms with Gasteiger partial charge in [-0.25, -0.2) is 8.78 Å². The lowest BCUT2D eigenvalue weighted by atomic mass is 10.0. The molecule has 1 aliphatic heterocycles. The molecule has 1 unspecified atom stereocenters. The molecule has 0 amide bonds. The van der Waals surface area contributed by atoms with Crippen molar-refractivity contribution in [2.75, 3.05) is 11.4 Å². The summed E-state index contributed by atoms with van der Waals surface area (Å²) in [7, 11) is 0. The second kappa shape index (κ2) is 5.16. The molecule has 0 fully saturated rings. The minimum atomic E-state index is -0.346. The summed E-state index contributed by atoms with van der Waals surface area (Å²) in [6.45, 7) is 2.13. The van der Waals surface area contributed by atoms with E-state index in [-0.39, 0.29) is 17.7 Å². The summed E-state index contributed by atoms with van der Waals surface area (Å²) in [5, 5.41) is 0. The van der Waals surface area contributed by atoms with Gasteiger partial charge in [-0.1, -0.05) is 18.2 Å². The van der Waals surface area contributed by atoms with Gasteiger partial charge in [0.05, 0.1) is 12.6 Å². The molecule has 1 aliphatic rings. The summed E-state index contributed by atoms with van der Waals surface area (Å²) in [5.41, 5.74) is 7.88. The minimum Gasteiger partial charge on any atom is -0.369 e. The first-order valence-electron chi connectivity index (χ1n) is 6.67. The number of guanidine groups is 1. The van der Waals surface area contributed by atoms with Crippen molar-refractivity contribution in [3.63, 3.8) is 0 Å². The van der Waals surface area contributed by atoms with Gasteiger partial charge in [-0.15, -0.1) is 0 Å². The molecule has 3 nitrogen and oxygen atoms in total. The number of anilines is 1. The zero-order valence-corrected chi connectivity index (χ0v) is 11.6. The number of hydrogen-bond donors (Lipinski definition) is 1. The highest BCUT2D eigenvalue weighted by molar-refractivity contribution is 5.97. The van der Waals surface area contributed by atoms with Gasteiger partial charge < -0.3 is 10.6 Å². The molecule has 108 valence electrons. The van der Waals surface area contributed by atoms with Crippen LogP contribution in [0.1, 0.15) is 17.2 Å². The molecular formula is C16H15F2N3. The van der Waals surface area contributed by atoms with E-state index < -0.39 is 0 Å². The highest BCUT2D eigenvalue weighted by Crippen LogP contribution is 2.32. The molecule has 3 rings (SSSR count). The maximum Gasteiger partial charge on any atom is 0.196 e. The molecule has 2 aromatic rings. The summed E-state index contributed by atoms with van der Waals surface area (Å²) in [6, 6.07) is 11.0. The van der Waals surface area contributed by atoms with E-state index in [0.717, 1.165) is 5.56 Å². The Hall–Kier alpha value is -2.43. The average molecular weight is 287 g/mol. The Bertz CT molecular complexity index is 712. The molecule has 0 aromatic heterocycles. The number of aliphatic imine (C=N–C) groups is 1. The highest BCUT2D eigenvalue weighted by atomic mass is 19.1. The molecular weight excluding hydrogens is 272 g/mol. The molecule has 2 aromatic carbocycles. The number of rotatable bonds is 2. The van der Waals surface area contributed by atoms with E-state index in [1.807, 2.05) is 6.07 Å². The van der Waals surface area contributed by atoms with E-state index in [2.05, 4.69) is 4.99 Å². The van der Waals surface area contributed by atoms with Gasteiger partial charge in [0.15, 0.2) is 5.96 Å². The molecule has 0 saturated carbocycles. The molecule has 21 heavy (non-hydrogen) atoms. The largest absolute Gasteiger partial charge is 0.369 e. The Morgan fingerprint density at radius 3 is 2.71 bits per heavy atom. The third-order valence-corrected chi connectivity index (χ3v) is 3.65. The summed E-state index contributed by atoms with van der Waals surface area (Å²) < 4.78 is 27.2. The van der Waals surface area contributed by atoms with Gasteiger partial charge in [-0.05, 0) is 42.3 Å². The van der Waals surface area contributed by atoms with E-state index in [1.54, 1.807) is 30.0 Å². The fraction of sp³-hybridized carbons (Fsp3) is 0.188. The van der Waals surface area contributed by atoms with E-state index in [1.165, 1.54) is 18.2 Å². The number of aryl methyl sites for hydroxylation is 1. The van der Waals surface area contributed by atoms with Crippen molar-refractivity contribution >= 4 is 11.6 Å². The first kappa shape index (κ1) is 13.5. The van der Waals surface area contributed by atoms with Gasteiger partial charge in [-0.3, -0.25) is 4.99 Å². The summed E-state index contributed by atoms with van der Waals surface area (Å²) in [5.74, 6) is -0.301. The van der Waals surface area contributed by atoms with Crippen LogP contribution >= 0.6 is 0 Å². The number of halogens is 2. The van der Waals surface area contributed by atoms with E-state index in [0.29, 0.717) is 23.8 Å². The quantitative estimate of drug-likeness (QED) is 0.922. The van der Waals surface area contributed by atoms with Gasteiger partial charge in [-0.2, -0.15) is 0 Å². The number of nitrogens with zero attached hydrogens (tertiary/aromatic N) is 2. The van der Waals surface area contributed by atoms with Gasteiger partial charge in [0.1, 0.15) is 11.6 Å². The second-order valence-corrected chi connectivity index (χ2v) is 5.07. The van der Waals surface area contributed by atoms with Gasteiger partial charge >= 0.3 is 0 Å². The predicted octanol–water partition coefficient (Wildman–Crippen LogP) is 3.15. The molecule has 0 radical (unpaired) electrons. The van der Waals surface area contributed by atoms with Crippen LogP contribution in [-0.4, -0.2) is 12.5 Å². The highest BCUT2D eigenvalue weighted by Gasteiger charge is 2.29. The maximum absolute atomic E-state index is 13.8. The molecule has 5 heteroatoms. The number of benzene rings is 2. The fourth-order valence-corrected chi connectivity index (χ4v) is 2.51. The van der Waals surface area contributed by atoms with Crippen molar-refractivity contribution in [3.8, 4) is 0 Å². The SMILES string of the molecule is Cc1ccc(C2CN=C(N)N2c2cccc(F)c2)cc1F. The first-order chi connectivity index (χ1) is 10.1. The van der Waals surface area contributed by atoms with Crippen LogP contribution in [0.15, 0.2) is 47.5 Å². The molecule has 0 aliphatic carbocycles. The zero-order valence-electron chi connectivity index (χ0n) is 11.6. The lowest BCUT2D eigenvalue weighted by molar-refractivity contribution is 0.611. The minimum absolute atomic E-state index is 0.220. The van der Waals surface area contributed by atoms with Crippen molar-refractivity contribution in [2.24, 2.45) is 10.7 Å². The average Bonchev–Trinajstić information content (AvgIpc) is 2.84. The maximum atomic E-state index is 13.8. The third kappa shape index (κ3) is 2.46. The van der Waals surface area contributed by atoms with Gasteiger partial charge in [0.2, 0.25) is 0 Å². The van der Waals surface area contributed by atoms with E-state index >= 15 is 0 Å². The third-order valence-electron chi connectivity index (χ3n) is 3.65. The predicted molar refractivity (Wildman–Crippen MR) is 79.2 cm³/mol. The zero-order chi connectivity index (χ0) is 15.0. The van der Waals surface area contributed by atoms with Crippen LogP contribution in [0.5, 0.6) is 0 Å². The lowest BCUT2D eigenvalue weighted by Gasteiger charge is -2.26. The van der Waals surface area contributed by atoms with Crippen molar-refractivity contribution in [2.45, 2.75) is 13.0 Å². The molecule has 2 N–H and O–H groups in total. The number of hydrogen-bond acceptors (Lipinski definition) is 3. The van der Waals surface area contributed by atoms with Crippen LogP contribution < -0.4 is 10.6 Å². The summed E-state index contributed by atoms with van der Waals surface area (Å²) in [4.78, 5) is 5.94.